The molecule has 1 aromatic rings. The van der Waals surface area contributed by atoms with Crippen LogP contribution >= 0.6 is 24.0 Å². The fraction of sp³-hybridized carbons (Fsp3) is 0.750. The number of halogens is 1. The summed E-state index contributed by atoms with van der Waals surface area (Å²) < 4.78 is 2.08. The van der Waals surface area contributed by atoms with E-state index < -0.39 is 0 Å². The molecule has 28 heavy (non-hydrogen) atoms. The summed E-state index contributed by atoms with van der Waals surface area (Å²) in [4.78, 5) is 7.45. The van der Waals surface area contributed by atoms with Gasteiger partial charge in [-0.25, -0.2) is 0 Å². The normalized spacial score (nSPS) is 15.8. The van der Waals surface area contributed by atoms with Crippen molar-refractivity contribution in [1.82, 2.24) is 30.3 Å². The van der Waals surface area contributed by atoms with Gasteiger partial charge in [0.1, 0.15) is 12.2 Å². The summed E-state index contributed by atoms with van der Waals surface area (Å²) in [5.41, 5.74) is 1.16. The number of nitrogens with zero attached hydrogens (tertiary/aromatic N) is 5. The molecule has 160 valence electrons. The van der Waals surface area contributed by atoms with Crippen LogP contribution in [0.3, 0.4) is 0 Å². The Balaban J connectivity index is 0.00000392. The lowest BCUT2D eigenvalue weighted by molar-refractivity contribution is 0.102. The topological polar surface area (TPSA) is 70.4 Å². The van der Waals surface area contributed by atoms with E-state index in [4.69, 9.17) is 4.99 Å². The molecular weight excluding hydrogens is 465 g/mol. The van der Waals surface area contributed by atoms with E-state index in [1.165, 1.54) is 32.4 Å². The zero-order valence-corrected chi connectivity index (χ0v) is 20.3. The van der Waals surface area contributed by atoms with E-state index in [1.807, 2.05) is 6.92 Å². The average molecular weight is 503 g/mol. The summed E-state index contributed by atoms with van der Waals surface area (Å²) in [7, 11) is 0. The number of rotatable bonds is 9. The lowest BCUT2D eigenvalue weighted by atomic mass is 9.99. The van der Waals surface area contributed by atoms with Crippen molar-refractivity contribution in [3.05, 3.63) is 24.3 Å². The molecule has 0 radical (unpaired) electrons. The van der Waals surface area contributed by atoms with Crippen molar-refractivity contribution in [2.75, 3.05) is 32.7 Å². The van der Waals surface area contributed by atoms with Gasteiger partial charge < -0.3 is 15.2 Å². The molecule has 2 rings (SSSR count). The van der Waals surface area contributed by atoms with E-state index in [-0.39, 0.29) is 29.5 Å². The van der Waals surface area contributed by atoms with Gasteiger partial charge >= 0.3 is 0 Å². The minimum absolute atomic E-state index is 0. The highest BCUT2D eigenvalue weighted by Gasteiger charge is 2.27. The number of likely N-dealkylation sites (tertiary alicyclic amines) is 1. The van der Waals surface area contributed by atoms with Gasteiger partial charge in [-0.3, -0.25) is 9.89 Å². The highest BCUT2D eigenvalue weighted by atomic mass is 127. The number of piperidine rings is 1. The second-order valence-corrected chi connectivity index (χ2v) is 8.06. The SMILES string of the molecule is C=C(C)CNC(=NCC(C)(C)N1CCCCC1)NCCn1cnnc1CC.I. The largest absolute Gasteiger partial charge is 0.355 e. The molecule has 0 atom stereocenters. The van der Waals surface area contributed by atoms with Crippen molar-refractivity contribution in [3.8, 4) is 0 Å². The maximum Gasteiger partial charge on any atom is 0.191 e. The lowest BCUT2D eigenvalue weighted by Crippen LogP contribution is -2.49. The second kappa shape index (κ2) is 12.4. The van der Waals surface area contributed by atoms with Gasteiger partial charge in [0, 0.05) is 31.6 Å². The van der Waals surface area contributed by atoms with Crippen LogP contribution in [0.25, 0.3) is 0 Å². The maximum atomic E-state index is 4.88. The van der Waals surface area contributed by atoms with Gasteiger partial charge in [0.15, 0.2) is 5.96 Å². The van der Waals surface area contributed by atoms with Crippen LogP contribution in [0.4, 0.5) is 0 Å². The molecular formula is C20H38IN7. The molecule has 2 heterocycles. The predicted molar refractivity (Wildman–Crippen MR) is 127 cm³/mol. The minimum Gasteiger partial charge on any atom is -0.355 e. The highest BCUT2D eigenvalue weighted by molar-refractivity contribution is 14.0. The van der Waals surface area contributed by atoms with Crippen LogP contribution in [0.2, 0.25) is 0 Å². The third kappa shape index (κ3) is 8.06. The van der Waals surface area contributed by atoms with Gasteiger partial charge in [-0.2, -0.15) is 0 Å². The van der Waals surface area contributed by atoms with Crippen LogP contribution in [-0.2, 0) is 13.0 Å². The molecule has 1 aromatic heterocycles. The molecule has 7 nitrogen and oxygen atoms in total. The van der Waals surface area contributed by atoms with Crippen molar-refractivity contribution in [2.24, 2.45) is 4.99 Å². The van der Waals surface area contributed by atoms with Crippen LogP contribution in [0, 0.1) is 0 Å². The number of hydrogen-bond acceptors (Lipinski definition) is 4. The summed E-state index contributed by atoms with van der Waals surface area (Å²) in [5, 5.41) is 15.0. The number of guanidine groups is 1. The molecule has 2 N–H and O–H groups in total. The van der Waals surface area contributed by atoms with E-state index in [0.717, 1.165) is 50.0 Å². The Morgan fingerprint density at radius 1 is 1.25 bits per heavy atom. The minimum atomic E-state index is 0. The second-order valence-electron chi connectivity index (χ2n) is 8.06. The Kier molecular flexibility index (Phi) is 11.0. The summed E-state index contributed by atoms with van der Waals surface area (Å²) in [6.07, 6.45) is 6.62. The van der Waals surface area contributed by atoms with Gasteiger partial charge in [0.2, 0.25) is 0 Å². The zero-order valence-electron chi connectivity index (χ0n) is 18.0. The number of aliphatic imine (C=N–C) groups is 1. The molecule has 0 aliphatic carbocycles. The van der Waals surface area contributed by atoms with Crippen molar-refractivity contribution in [2.45, 2.75) is 65.5 Å². The van der Waals surface area contributed by atoms with Crippen molar-refractivity contribution < 1.29 is 0 Å². The Labute approximate surface area is 187 Å². The van der Waals surface area contributed by atoms with Crippen LogP contribution in [0.5, 0.6) is 0 Å². The summed E-state index contributed by atoms with van der Waals surface area (Å²) in [6.45, 7) is 18.1. The van der Waals surface area contributed by atoms with Crippen molar-refractivity contribution in [3.63, 3.8) is 0 Å². The number of hydrogen-bond donors (Lipinski definition) is 2. The van der Waals surface area contributed by atoms with Crippen molar-refractivity contribution in [1.29, 1.82) is 0 Å². The van der Waals surface area contributed by atoms with Gasteiger partial charge in [0.25, 0.3) is 0 Å². The molecule has 1 aliphatic heterocycles. The lowest BCUT2D eigenvalue weighted by Gasteiger charge is -2.40. The molecule has 1 saturated heterocycles. The molecule has 0 saturated carbocycles. The zero-order chi connectivity index (χ0) is 19.7. The first-order valence-electron chi connectivity index (χ1n) is 10.2. The molecule has 1 aliphatic rings. The number of aryl methyl sites for hydroxylation is 1. The monoisotopic (exact) mass is 503 g/mol. The smallest absolute Gasteiger partial charge is 0.191 e. The van der Waals surface area contributed by atoms with Crippen LogP contribution in [0.1, 0.15) is 52.8 Å². The Hall–Kier alpha value is -1.16. The molecule has 0 aromatic carbocycles. The molecule has 1 fully saturated rings. The summed E-state index contributed by atoms with van der Waals surface area (Å²) >= 11 is 0. The van der Waals surface area contributed by atoms with Gasteiger partial charge in [0.05, 0.1) is 6.54 Å². The van der Waals surface area contributed by atoms with E-state index in [2.05, 4.69) is 57.6 Å². The molecule has 0 bridgehead atoms. The third-order valence-corrected chi connectivity index (χ3v) is 5.05. The predicted octanol–water partition coefficient (Wildman–Crippen LogP) is 2.83. The summed E-state index contributed by atoms with van der Waals surface area (Å²) in [6, 6.07) is 0. The van der Waals surface area contributed by atoms with Crippen molar-refractivity contribution >= 4 is 29.9 Å². The first-order chi connectivity index (χ1) is 12.9. The highest BCUT2D eigenvalue weighted by Crippen LogP contribution is 2.20. The van der Waals surface area contributed by atoms with E-state index in [9.17, 15) is 0 Å². The molecule has 0 spiro atoms. The average Bonchev–Trinajstić information content (AvgIpc) is 3.11. The van der Waals surface area contributed by atoms with E-state index in [1.54, 1.807) is 6.33 Å². The number of aromatic nitrogens is 3. The van der Waals surface area contributed by atoms with Crippen LogP contribution in [-0.4, -0.2) is 63.9 Å². The first-order valence-corrected chi connectivity index (χ1v) is 10.2. The van der Waals surface area contributed by atoms with Crippen LogP contribution < -0.4 is 10.6 Å². The van der Waals surface area contributed by atoms with Gasteiger partial charge in [-0.1, -0.05) is 25.5 Å². The van der Waals surface area contributed by atoms with Gasteiger partial charge in [-0.05, 0) is 46.7 Å². The molecule has 0 unspecified atom stereocenters. The Bertz CT molecular complexity index is 618. The van der Waals surface area contributed by atoms with Crippen LogP contribution in [0.15, 0.2) is 23.5 Å². The standard InChI is InChI=1S/C20H37N7.HI/c1-6-18-25-24-16-26(18)13-10-21-19(22-14-17(2)3)23-15-20(4,5)27-11-8-7-9-12-27;/h16H,2,6-15H2,1,3-5H3,(H2,21,22,23);1H. The Morgan fingerprint density at radius 3 is 2.61 bits per heavy atom. The first kappa shape index (κ1) is 24.9. The third-order valence-electron chi connectivity index (χ3n) is 5.05. The molecule has 0 amide bonds. The quantitative estimate of drug-likeness (QED) is 0.235. The Morgan fingerprint density at radius 2 is 1.96 bits per heavy atom. The molecule has 8 heteroatoms. The number of nitrogens with one attached hydrogen (secondary N) is 2. The fourth-order valence-electron chi connectivity index (χ4n) is 3.31. The summed E-state index contributed by atoms with van der Waals surface area (Å²) in [5.74, 6) is 1.85. The fourth-order valence-corrected chi connectivity index (χ4v) is 3.31. The van der Waals surface area contributed by atoms with E-state index >= 15 is 0 Å². The van der Waals surface area contributed by atoms with E-state index in [0.29, 0.717) is 0 Å². The maximum absolute atomic E-state index is 4.88. The van der Waals surface area contributed by atoms with Gasteiger partial charge in [-0.15, -0.1) is 34.2 Å².